The number of piperazine rings is 1. The van der Waals surface area contributed by atoms with Gasteiger partial charge in [-0.15, -0.1) is 11.3 Å². The van der Waals surface area contributed by atoms with E-state index in [9.17, 15) is 19.2 Å². The second-order valence-corrected chi connectivity index (χ2v) is 18.1. The number of hydrogen-bond donors (Lipinski definition) is 2. The summed E-state index contributed by atoms with van der Waals surface area (Å²) in [7, 11) is 10.6. The zero-order valence-corrected chi connectivity index (χ0v) is 37.8. The number of nitrogens with zero attached hydrogens (tertiary/aromatic N) is 6. The Labute approximate surface area is 371 Å². The Kier molecular flexibility index (Phi) is 14.0. The predicted octanol–water partition coefficient (Wildman–Crippen LogP) is 4.49. The number of aromatic nitrogens is 1. The number of anilines is 1. The number of halogens is 2. The fourth-order valence-corrected chi connectivity index (χ4v) is 9.99. The van der Waals surface area contributed by atoms with E-state index in [1.54, 1.807) is 32.4 Å². The first-order chi connectivity index (χ1) is 30.1. The van der Waals surface area contributed by atoms with Crippen LogP contribution in [0.3, 0.4) is 0 Å². The van der Waals surface area contributed by atoms with Gasteiger partial charge in [0.25, 0.3) is 17.4 Å². The number of methoxy groups -OCH3 is 2. The molecule has 2 aromatic heterocycles. The first-order valence-electron chi connectivity index (χ1n) is 21.3. The van der Waals surface area contributed by atoms with Crippen molar-refractivity contribution in [2.45, 2.75) is 50.4 Å². The van der Waals surface area contributed by atoms with E-state index in [4.69, 9.17) is 9.47 Å². The van der Waals surface area contributed by atoms with Crippen molar-refractivity contribution < 1.29 is 32.6 Å². The molecule has 3 saturated heterocycles. The van der Waals surface area contributed by atoms with Crippen molar-refractivity contribution >= 4 is 50.9 Å². The molecule has 0 saturated carbocycles. The number of benzene rings is 2. The maximum Gasteiger partial charge on any atom is 0.280 e. The van der Waals surface area contributed by atoms with E-state index in [0.29, 0.717) is 72.7 Å². The third kappa shape index (κ3) is 10.1. The van der Waals surface area contributed by atoms with E-state index in [2.05, 4.69) is 39.1 Å². The fourth-order valence-electron chi connectivity index (χ4n) is 8.91. The highest BCUT2D eigenvalue weighted by Crippen LogP contribution is 2.40. The molecule has 2 N–H and O–H groups in total. The summed E-state index contributed by atoms with van der Waals surface area (Å²) in [6.07, 6.45) is 4.41. The molecule has 17 heteroatoms. The summed E-state index contributed by atoms with van der Waals surface area (Å²) in [6.45, 7) is 9.26. The van der Waals surface area contributed by atoms with Crippen LogP contribution in [-0.2, 0) is 29.7 Å². The molecule has 0 radical (unpaired) electrons. The zero-order valence-electron chi connectivity index (χ0n) is 37.0. The van der Waals surface area contributed by atoms with Gasteiger partial charge in [0, 0.05) is 94.5 Å². The van der Waals surface area contributed by atoms with Crippen LogP contribution in [0.5, 0.6) is 11.5 Å². The van der Waals surface area contributed by atoms with Gasteiger partial charge in [0.1, 0.15) is 11.5 Å². The van der Waals surface area contributed by atoms with Gasteiger partial charge >= 0.3 is 0 Å². The number of ether oxygens (including phenoxy) is 2. The molecule has 7 rings (SSSR count). The number of likely N-dealkylation sites (tertiary alicyclic amines) is 1. The number of likely N-dealkylation sites (N-methyl/N-ethyl adjacent to an activating group) is 1. The second-order valence-electron chi connectivity index (χ2n) is 17.1. The lowest BCUT2D eigenvalue weighted by Gasteiger charge is -2.40. The summed E-state index contributed by atoms with van der Waals surface area (Å²) in [5, 5.41) is 5.38. The van der Waals surface area contributed by atoms with Crippen molar-refractivity contribution in [3.8, 4) is 22.6 Å². The van der Waals surface area contributed by atoms with E-state index in [0.717, 1.165) is 65.5 Å². The van der Waals surface area contributed by atoms with Crippen molar-refractivity contribution in [2.75, 3.05) is 92.6 Å². The van der Waals surface area contributed by atoms with Gasteiger partial charge in [-0.1, -0.05) is 18.7 Å². The number of piperidine rings is 2. The van der Waals surface area contributed by atoms with Crippen molar-refractivity contribution in [1.82, 2.24) is 34.8 Å². The normalized spacial score (nSPS) is 19.7. The lowest BCUT2D eigenvalue weighted by atomic mass is 10.0. The number of hydrogen-bond acceptors (Lipinski definition) is 12. The lowest BCUT2D eigenvalue weighted by Crippen LogP contribution is -2.59. The van der Waals surface area contributed by atoms with Gasteiger partial charge in [0.05, 0.1) is 48.7 Å². The molecule has 2 atom stereocenters. The SMILES string of the molecule is C=Cc1ccc(N2CCN(CCN3CCC(NC(=O)c4cc5c(=O)n(C)cc(-c6cc(OC)c(CN(C)C)c(OC)c6)c5s4)C(F)(F)C3)CC2)cc1CN(C)C1CCC(=O)NC1=O. The molecule has 5 heterocycles. The molecular weight excluding hydrogens is 831 g/mol. The number of imide groups is 1. The number of fused-ring (bicyclic) bond motifs is 1. The average Bonchev–Trinajstić information content (AvgIpc) is 3.71. The monoisotopic (exact) mass is 888 g/mol. The van der Waals surface area contributed by atoms with E-state index >= 15 is 8.78 Å². The Bertz CT molecular complexity index is 2400. The third-order valence-electron chi connectivity index (χ3n) is 12.4. The number of carbonyl (C=O) groups is 3. The molecule has 0 aliphatic carbocycles. The fraction of sp³-hybridized carbons (Fsp3) is 0.478. The zero-order chi connectivity index (χ0) is 45.2. The molecule has 3 fully saturated rings. The number of carbonyl (C=O) groups excluding carboxylic acids is 3. The summed E-state index contributed by atoms with van der Waals surface area (Å²) >= 11 is 1.11. The summed E-state index contributed by atoms with van der Waals surface area (Å²) in [6, 6.07) is 9.78. The highest BCUT2D eigenvalue weighted by Gasteiger charge is 2.45. The van der Waals surface area contributed by atoms with Crippen molar-refractivity contribution in [3.63, 3.8) is 0 Å². The van der Waals surface area contributed by atoms with Crippen LogP contribution in [0.4, 0.5) is 14.5 Å². The Hall–Kier alpha value is -5.20. The first-order valence-corrected chi connectivity index (χ1v) is 22.1. The van der Waals surface area contributed by atoms with Crippen LogP contribution in [0.2, 0.25) is 0 Å². The summed E-state index contributed by atoms with van der Waals surface area (Å²) < 4.78 is 45.0. The summed E-state index contributed by atoms with van der Waals surface area (Å²) in [4.78, 5) is 61.7. The molecule has 63 heavy (non-hydrogen) atoms. The number of amides is 3. The van der Waals surface area contributed by atoms with Gasteiger partial charge in [0.15, 0.2) is 0 Å². The van der Waals surface area contributed by atoms with Gasteiger partial charge < -0.3 is 29.2 Å². The highest BCUT2D eigenvalue weighted by atomic mass is 32.1. The number of rotatable bonds is 15. The molecule has 2 aromatic carbocycles. The molecule has 3 amide bonds. The molecule has 338 valence electrons. The number of pyridine rings is 1. The number of nitrogens with one attached hydrogen (secondary N) is 2. The van der Waals surface area contributed by atoms with E-state index in [1.807, 2.05) is 55.2 Å². The Morgan fingerprint density at radius 2 is 1.67 bits per heavy atom. The molecule has 0 spiro atoms. The van der Waals surface area contributed by atoms with Crippen LogP contribution < -0.4 is 30.6 Å². The van der Waals surface area contributed by atoms with E-state index in [1.165, 1.54) is 10.6 Å². The van der Waals surface area contributed by atoms with Gasteiger partial charge in [0.2, 0.25) is 11.8 Å². The minimum absolute atomic E-state index is 0.0884. The van der Waals surface area contributed by atoms with E-state index in [-0.39, 0.29) is 34.7 Å². The quantitative estimate of drug-likeness (QED) is 0.164. The Morgan fingerprint density at radius 3 is 2.30 bits per heavy atom. The van der Waals surface area contributed by atoms with Gasteiger partial charge in [-0.2, -0.15) is 0 Å². The molecule has 3 aliphatic heterocycles. The van der Waals surface area contributed by atoms with Crippen LogP contribution in [0.1, 0.15) is 45.6 Å². The molecule has 2 unspecified atom stereocenters. The Balaban J connectivity index is 0.942. The van der Waals surface area contributed by atoms with Crippen LogP contribution in [0.15, 0.2) is 54.0 Å². The molecular formula is C46H58F2N8O6S. The van der Waals surface area contributed by atoms with Gasteiger partial charge in [-0.25, -0.2) is 8.78 Å². The van der Waals surface area contributed by atoms with Crippen LogP contribution in [-0.4, -0.2) is 148 Å². The number of thiophene rings is 1. The summed E-state index contributed by atoms with van der Waals surface area (Å²) in [5.41, 5.74) is 5.08. The van der Waals surface area contributed by atoms with Crippen molar-refractivity contribution in [1.29, 1.82) is 0 Å². The van der Waals surface area contributed by atoms with Crippen molar-refractivity contribution in [2.24, 2.45) is 7.05 Å². The smallest absolute Gasteiger partial charge is 0.280 e. The molecule has 14 nitrogen and oxygen atoms in total. The highest BCUT2D eigenvalue weighted by molar-refractivity contribution is 7.21. The average molecular weight is 889 g/mol. The van der Waals surface area contributed by atoms with Gasteiger partial charge in [-0.3, -0.25) is 39.2 Å². The minimum atomic E-state index is -3.16. The number of aryl methyl sites for hydroxylation is 1. The van der Waals surface area contributed by atoms with Crippen LogP contribution >= 0.6 is 11.3 Å². The molecule has 3 aliphatic rings. The van der Waals surface area contributed by atoms with E-state index < -0.39 is 24.4 Å². The number of alkyl halides is 2. The maximum atomic E-state index is 15.8. The second kappa shape index (κ2) is 19.3. The lowest BCUT2D eigenvalue weighted by molar-refractivity contribution is -0.137. The van der Waals surface area contributed by atoms with Crippen LogP contribution in [0.25, 0.3) is 27.3 Å². The predicted molar refractivity (Wildman–Crippen MR) is 243 cm³/mol. The summed E-state index contributed by atoms with van der Waals surface area (Å²) in [5.74, 6) is -3.07. The largest absolute Gasteiger partial charge is 0.496 e. The maximum absolute atomic E-state index is 15.8. The third-order valence-corrected chi connectivity index (χ3v) is 13.6. The molecule has 4 aromatic rings. The molecule has 0 bridgehead atoms. The minimum Gasteiger partial charge on any atom is -0.496 e. The Morgan fingerprint density at radius 1 is 0.968 bits per heavy atom. The van der Waals surface area contributed by atoms with Crippen LogP contribution in [0, 0.1) is 0 Å². The topological polar surface area (TPSA) is 132 Å². The van der Waals surface area contributed by atoms with Crippen molar-refractivity contribution in [3.05, 3.63) is 81.1 Å². The van der Waals surface area contributed by atoms with Gasteiger partial charge in [-0.05, 0) is 81.0 Å². The first kappa shape index (κ1) is 45.8. The standard InChI is InChI=1S/C46H58F2N8O6S/c1-8-29-9-10-32(21-31(29)25-52(4)36-11-12-41(57)50-43(36)58)56-19-17-54(18-20-56)15-16-55-14-13-40(46(47,48)28-55)49-44(59)39-24-33-42(63-39)34(27-53(5)45(33)60)30-22-37(61-6)35(26-51(2)3)38(23-30)62-7/h8-10,21-24,27,36,40H,1,11-20,25-26,28H2,2-7H3,(H,49,59)(H,50,57,58).